The second-order valence-electron chi connectivity index (χ2n) is 6.63. The Bertz CT molecular complexity index is 1130. The molecule has 6 nitrogen and oxygen atoms in total. The van der Waals surface area contributed by atoms with Crippen LogP contribution in [0.2, 0.25) is 0 Å². The van der Waals surface area contributed by atoms with Crippen LogP contribution in [0.3, 0.4) is 0 Å². The number of pyridine rings is 1. The summed E-state index contributed by atoms with van der Waals surface area (Å²) in [6.07, 6.45) is 3.50. The molecule has 2 aromatic heterocycles. The highest BCUT2D eigenvalue weighted by Crippen LogP contribution is 2.33. The molecule has 0 saturated carbocycles. The van der Waals surface area contributed by atoms with E-state index in [4.69, 9.17) is 19.4 Å². The molecule has 0 bridgehead atoms. The number of anilines is 1. The molecule has 146 valence electrons. The third-order valence-corrected chi connectivity index (χ3v) is 4.78. The van der Waals surface area contributed by atoms with Gasteiger partial charge in [-0.15, -0.1) is 0 Å². The number of fused-ring (bicyclic) bond motifs is 1. The first kappa shape index (κ1) is 18.7. The largest absolute Gasteiger partial charge is 0.497 e. The van der Waals surface area contributed by atoms with Crippen molar-refractivity contribution in [1.29, 1.82) is 0 Å². The predicted molar refractivity (Wildman–Crippen MR) is 114 cm³/mol. The second-order valence-corrected chi connectivity index (χ2v) is 6.63. The van der Waals surface area contributed by atoms with Crippen LogP contribution in [0.1, 0.15) is 18.5 Å². The fourth-order valence-corrected chi connectivity index (χ4v) is 3.27. The van der Waals surface area contributed by atoms with Crippen molar-refractivity contribution < 1.29 is 9.47 Å². The van der Waals surface area contributed by atoms with Gasteiger partial charge in [-0.1, -0.05) is 12.1 Å². The van der Waals surface area contributed by atoms with Crippen molar-refractivity contribution in [2.75, 3.05) is 19.5 Å². The molecule has 0 saturated heterocycles. The minimum atomic E-state index is -0.0693. The molecule has 2 heterocycles. The van der Waals surface area contributed by atoms with Crippen LogP contribution in [0.5, 0.6) is 11.5 Å². The third-order valence-electron chi connectivity index (χ3n) is 4.78. The summed E-state index contributed by atoms with van der Waals surface area (Å²) in [7, 11) is 3.32. The van der Waals surface area contributed by atoms with Gasteiger partial charge < -0.3 is 14.8 Å². The molecule has 29 heavy (non-hydrogen) atoms. The highest BCUT2D eigenvalue weighted by atomic mass is 16.5. The van der Waals surface area contributed by atoms with Gasteiger partial charge in [-0.3, -0.25) is 4.98 Å². The Labute approximate surface area is 169 Å². The Hall–Kier alpha value is -3.67. The number of methoxy groups -OCH3 is 2. The first-order valence-corrected chi connectivity index (χ1v) is 9.35. The molecule has 0 spiro atoms. The standard InChI is InChI=1S/C23H22N4O2/c1-15(19-13-17(28-2)10-11-21(19)29-3)25-23-18-8-4-5-9-20(18)26-22(27-23)16-7-6-12-24-14-16/h4-15H,1-3H3,(H,25,26,27). The lowest BCUT2D eigenvalue weighted by molar-refractivity contribution is 0.397. The Morgan fingerprint density at radius 3 is 2.55 bits per heavy atom. The highest BCUT2D eigenvalue weighted by molar-refractivity contribution is 5.90. The highest BCUT2D eigenvalue weighted by Gasteiger charge is 2.16. The molecule has 0 aliphatic heterocycles. The average Bonchev–Trinajstić information content (AvgIpc) is 2.79. The van der Waals surface area contributed by atoms with Gasteiger partial charge >= 0.3 is 0 Å². The number of rotatable bonds is 6. The molecule has 1 unspecified atom stereocenters. The van der Waals surface area contributed by atoms with Gasteiger partial charge in [0.05, 0.1) is 25.8 Å². The van der Waals surface area contributed by atoms with Crippen LogP contribution < -0.4 is 14.8 Å². The van der Waals surface area contributed by atoms with Crippen molar-refractivity contribution in [3.63, 3.8) is 0 Å². The van der Waals surface area contributed by atoms with Gasteiger partial charge in [-0.05, 0) is 49.4 Å². The van der Waals surface area contributed by atoms with Gasteiger partial charge in [-0.25, -0.2) is 9.97 Å². The number of nitrogens with zero attached hydrogens (tertiary/aromatic N) is 3. The smallest absolute Gasteiger partial charge is 0.163 e. The van der Waals surface area contributed by atoms with Crippen LogP contribution in [-0.4, -0.2) is 29.2 Å². The van der Waals surface area contributed by atoms with E-state index in [0.29, 0.717) is 5.82 Å². The summed E-state index contributed by atoms with van der Waals surface area (Å²) < 4.78 is 10.9. The summed E-state index contributed by atoms with van der Waals surface area (Å²) in [5.41, 5.74) is 2.72. The molecule has 0 radical (unpaired) electrons. The van der Waals surface area contributed by atoms with E-state index in [0.717, 1.165) is 39.3 Å². The zero-order valence-corrected chi connectivity index (χ0v) is 16.6. The van der Waals surface area contributed by atoms with E-state index in [-0.39, 0.29) is 6.04 Å². The maximum Gasteiger partial charge on any atom is 0.163 e. The molecular formula is C23H22N4O2. The fourth-order valence-electron chi connectivity index (χ4n) is 3.27. The van der Waals surface area contributed by atoms with Crippen LogP contribution in [0, 0.1) is 0 Å². The number of para-hydroxylation sites is 1. The third kappa shape index (κ3) is 3.82. The van der Waals surface area contributed by atoms with E-state index >= 15 is 0 Å². The van der Waals surface area contributed by atoms with Crippen molar-refractivity contribution in [1.82, 2.24) is 15.0 Å². The van der Waals surface area contributed by atoms with E-state index in [1.54, 1.807) is 26.6 Å². The summed E-state index contributed by atoms with van der Waals surface area (Å²) in [6.45, 7) is 2.07. The van der Waals surface area contributed by atoms with E-state index in [1.807, 2.05) is 54.6 Å². The van der Waals surface area contributed by atoms with Gasteiger partial charge in [0.1, 0.15) is 17.3 Å². The zero-order chi connectivity index (χ0) is 20.2. The summed E-state index contributed by atoms with van der Waals surface area (Å²) in [5.74, 6) is 2.95. The van der Waals surface area contributed by atoms with Crippen molar-refractivity contribution in [2.24, 2.45) is 0 Å². The van der Waals surface area contributed by atoms with Crippen molar-refractivity contribution >= 4 is 16.7 Å². The van der Waals surface area contributed by atoms with Crippen molar-refractivity contribution in [2.45, 2.75) is 13.0 Å². The minimum absolute atomic E-state index is 0.0693. The molecule has 0 aliphatic rings. The lowest BCUT2D eigenvalue weighted by atomic mass is 10.1. The summed E-state index contributed by atoms with van der Waals surface area (Å²) >= 11 is 0. The van der Waals surface area contributed by atoms with E-state index in [9.17, 15) is 0 Å². The SMILES string of the molecule is COc1ccc(OC)c(C(C)Nc2nc(-c3cccnc3)nc3ccccc23)c1. The van der Waals surface area contributed by atoms with Crippen LogP contribution in [0.15, 0.2) is 67.0 Å². The minimum Gasteiger partial charge on any atom is -0.497 e. The average molecular weight is 386 g/mol. The first-order valence-electron chi connectivity index (χ1n) is 9.35. The molecule has 4 aromatic rings. The maximum absolute atomic E-state index is 5.55. The van der Waals surface area contributed by atoms with Crippen molar-refractivity contribution in [3.05, 3.63) is 72.6 Å². The molecule has 2 aromatic carbocycles. The van der Waals surface area contributed by atoms with Gasteiger partial charge in [0.15, 0.2) is 5.82 Å². The van der Waals surface area contributed by atoms with Crippen LogP contribution in [-0.2, 0) is 0 Å². The maximum atomic E-state index is 5.55. The lowest BCUT2D eigenvalue weighted by Gasteiger charge is -2.20. The number of benzene rings is 2. The number of ether oxygens (including phenoxy) is 2. The summed E-state index contributed by atoms with van der Waals surface area (Å²) in [4.78, 5) is 13.7. The van der Waals surface area contributed by atoms with Gasteiger partial charge in [0.25, 0.3) is 0 Å². The van der Waals surface area contributed by atoms with E-state index in [2.05, 4.69) is 17.2 Å². The molecule has 6 heteroatoms. The quantitative estimate of drug-likeness (QED) is 0.509. The fraction of sp³-hybridized carbons (Fsp3) is 0.174. The molecule has 1 atom stereocenters. The van der Waals surface area contributed by atoms with Crippen molar-refractivity contribution in [3.8, 4) is 22.9 Å². The monoisotopic (exact) mass is 386 g/mol. The molecule has 0 fully saturated rings. The van der Waals surface area contributed by atoms with Gasteiger partial charge in [0.2, 0.25) is 0 Å². The zero-order valence-electron chi connectivity index (χ0n) is 16.6. The number of aromatic nitrogens is 3. The topological polar surface area (TPSA) is 69.2 Å². The Kier molecular flexibility index (Phi) is 5.24. The Morgan fingerprint density at radius 2 is 1.79 bits per heavy atom. The number of hydrogen-bond donors (Lipinski definition) is 1. The second kappa shape index (κ2) is 8.14. The molecule has 0 aliphatic carbocycles. The normalized spacial score (nSPS) is 11.8. The van der Waals surface area contributed by atoms with E-state index < -0.39 is 0 Å². The lowest BCUT2D eigenvalue weighted by Crippen LogP contribution is -2.11. The molecule has 1 N–H and O–H groups in total. The Balaban J connectivity index is 1.78. The van der Waals surface area contributed by atoms with Crippen LogP contribution in [0.4, 0.5) is 5.82 Å². The summed E-state index contributed by atoms with van der Waals surface area (Å²) in [5, 5.41) is 4.48. The predicted octanol–water partition coefficient (Wildman–Crippen LogP) is 4.88. The van der Waals surface area contributed by atoms with E-state index in [1.165, 1.54) is 0 Å². The van der Waals surface area contributed by atoms with Gasteiger partial charge in [0, 0.05) is 28.9 Å². The summed E-state index contributed by atoms with van der Waals surface area (Å²) in [6, 6.07) is 17.5. The van der Waals surface area contributed by atoms with Crippen LogP contribution in [0.25, 0.3) is 22.3 Å². The van der Waals surface area contributed by atoms with Gasteiger partial charge in [-0.2, -0.15) is 0 Å². The van der Waals surface area contributed by atoms with Crippen LogP contribution >= 0.6 is 0 Å². The molecule has 0 amide bonds. The first-order chi connectivity index (χ1) is 14.2. The number of hydrogen-bond acceptors (Lipinski definition) is 6. The number of nitrogens with one attached hydrogen (secondary N) is 1. The Morgan fingerprint density at radius 1 is 0.931 bits per heavy atom. The molecular weight excluding hydrogens is 364 g/mol. The molecule has 4 rings (SSSR count).